The molecule has 1 unspecified atom stereocenters. The summed E-state index contributed by atoms with van der Waals surface area (Å²) in [7, 11) is 1.62. The lowest BCUT2D eigenvalue weighted by Gasteiger charge is -2.24. The van der Waals surface area contributed by atoms with Crippen molar-refractivity contribution in [3.63, 3.8) is 0 Å². The first kappa shape index (κ1) is 21.8. The van der Waals surface area contributed by atoms with Crippen LogP contribution in [-0.4, -0.2) is 24.3 Å². The van der Waals surface area contributed by atoms with Gasteiger partial charge in [-0.1, -0.05) is 47.7 Å². The smallest absolute Gasteiger partial charge is 0.338 e. The zero-order valence-corrected chi connectivity index (χ0v) is 19.2. The van der Waals surface area contributed by atoms with Gasteiger partial charge in [0.05, 0.1) is 35.6 Å². The van der Waals surface area contributed by atoms with Crippen LogP contribution in [0.1, 0.15) is 36.6 Å². The van der Waals surface area contributed by atoms with Crippen molar-refractivity contribution >= 4 is 23.4 Å². The number of fused-ring (bicyclic) bond motifs is 1. The van der Waals surface area contributed by atoms with Gasteiger partial charge in [0.25, 0.3) is 5.56 Å². The van der Waals surface area contributed by atoms with Crippen LogP contribution >= 0.6 is 11.3 Å². The average molecular weight is 449 g/mol. The average Bonchev–Trinajstić information content (AvgIpc) is 3.09. The van der Waals surface area contributed by atoms with Crippen LogP contribution in [0.4, 0.5) is 0 Å². The van der Waals surface area contributed by atoms with Gasteiger partial charge in [-0.3, -0.25) is 9.36 Å². The lowest BCUT2D eigenvalue weighted by Crippen LogP contribution is -2.39. The Morgan fingerprint density at radius 3 is 2.59 bits per heavy atom. The molecule has 7 heteroatoms. The molecule has 0 fully saturated rings. The number of hydrogen-bond donors (Lipinski definition) is 0. The van der Waals surface area contributed by atoms with Crippen LogP contribution in [-0.2, 0) is 9.53 Å². The lowest BCUT2D eigenvalue weighted by molar-refractivity contribution is -0.139. The molecule has 6 nitrogen and oxygen atoms in total. The van der Waals surface area contributed by atoms with Crippen molar-refractivity contribution in [1.82, 2.24) is 4.57 Å². The number of aryl methyl sites for hydroxylation is 1. The van der Waals surface area contributed by atoms with Crippen LogP contribution in [0.2, 0.25) is 0 Å². The first-order valence-electron chi connectivity index (χ1n) is 10.3. The van der Waals surface area contributed by atoms with E-state index in [-0.39, 0.29) is 12.2 Å². The van der Waals surface area contributed by atoms with E-state index in [2.05, 4.69) is 4.99 Å². The van der Waals surface area contributed by atoms with Crippen molar-refractivity contribution in [1.29, 1.82) is 0 Å². The third-order valence-electron chi connectivity index (χ3n) is 5.40. The van der Waals surface area contributed by atoms with Crippen molar-refractivity contribution in [2.24, 2.45) is 4.99 Å². The van der Waals surface area contributed by atoms with Crippen LogP contribution in [0.15, 0.2) is 69.6 Å². The van der Waals surface area contributed by atoms with E-state index in [1.54, 1.807) is 25.5 Å². The van der Waals surface area contributed by atoms with Crippen LogP contribution in [0.3, 0.4) is 0 Å². The fraction of sp³-hybridized carbons (Fsp3) is 0.240. The Hall–Kier alpha value is -3.45. The van der Waals surface area contributed by atoms with E-state index in [0.29, 0.717) is 20.6 Å². The summed E-state index contributed by atoms with van der Waals surface area (Å²) < 4.78 is 12.7. The van der Waals surface area contributed by atoms with Gasteiger partial charge in [-0.05, 0) is 55.7 Å². The fourth-order valence-corrected chi connectivity index (χ4v) is 4.86. The number of carbonyl (C=O) groups excluding carboxylic acids is 1. The van der Waals surface area contributed by atoms with E-state index in [1.165, 1.54) is 11.3 Å². The van der Waals surface area contributed by atoms with Crippen molar-refractivity contribution in [3.05, 3.63) is 96.2 Å². The second-order valence-corrected chi connectivity index (χ2v) is 8.44. The standard InChI is InChI=1S/C25H24N2O4S/c1-5-31-24(29)21-16(3)26-25-27(22(21)17-9-7-6-8-10-17)23(28)20(32-25)14-18-11-12-19(30-4)13-15(18)2/h6-14,22H,5H2,1-4H3. The summed E-state index contributed by atoms with van der Waals surface area (Å²) in [6.45, 7) is 5.77. The molecule has 0 N–H and O–H groups in total. The number of hydrogen-bond acceptors (Lipinski definition) is 6. The van der Waals surface area contributed by atoms with Gasteiger partial charge in [0.1, 0.15) is 5.75 Å². The third kappa shape index (κ3) is 3.91. The van der Waals surface area contributed by atoms with Crippen molar-refractivity contribution in [2.45, 2.75) is 26.8 Å². The minimum Gasteiger partial charge on any atom is -0.497 e. The normalized spacial score (nSPS) is 15.9. The van der Waals surface area contributed by atoms with Gasteiger partial charge in [-0.15, -0.1) is 0 Å². The van der Waals surface area contributed by atoms with Crippen molar-refractivity contribution in [2.75, 3.05) is 13.7 Å². The highest BCUT2D eigenvalue weighted by Gasteiger charge is 2.33. The number of ether oxygens (including phenoxy) is 2. The first-order valence-corrected chi connectivity index (χ1v) is 11.2. The number of rotatable bonds is 5. The van der Waals surface area contributed by atoms with Crippen LogP contribution in [0, 0.1) is 6.92 Å². The Bertz CT molecular complexity index is 1380. The Morgan fingerprint density at radius 1 is 1.19 bits per heavy atom. The zero-order valence-electron chi connectivity index (χ0n) is 18.4. The van der Waals surface area contributed by atoms with Crippen LogP contribution in [0.5, 0.6) is 5.75 Å². The summed E-state index contributed by atoms with van der Waals surface area (Å²) in [6.07, 6.45) is 1.87. The van der Waals surface area contributed by atoms with Crippen LogP contribution < -0.4 is 19.6 Å². The SMILES string of the molecule is CCOC(=O)C1=C(C)N=c2sc(=Cc3ccc(OC)cc3C)c(=O)n2C1c1ccccc1. The van der Waals surface area contributed by atoms with Gasteiger partial charge in [0.2, 0.25) is 0 Å². The topological polar surface area (TPSA) is 69.9 Å². The number of carbonyl (C=O) groups is 1. The summed E-state index contributed by atoms with van der Waals surface area (Å²) in [4.78, 5) is 31.6. The van der Waals surface area contributed by atoms with E-state index in [9.17, 15) is 9.59 Å². The molecule has 1 aliphatic heterocycles. The van der Waals surface area contributed by atoms with Gasteiger partial charge in [0.15, 0.2) is 4.80 Å². The van der Waals surface area contributed by atoms with E-state index < -0.39 is 12.0 Å². The highest BCUT2D eigenvalue weighted by atomic mass is 32.1. The predicted octanol–water partition coefficient (Wildman–Crippen LogP) is 3.12. The Morgan fingerprint density at radius 2 is 1.94 bits per heavy atom. The Labute approximate surface area is 189 Å². The number of thiazole rings is 1. The van der Waals surface area contributed by atoms with Crippen molar-refractivity contribution < 1.29 is 14.3 Å². The molecule has 1 atom stereocenters. The number of esters is 1. The zero-order chi connectivity index (χ0) is 22.8. The molecular weight excluding hydrogens is 424 g/mol. The molecule has 0 aliphatic carbocycles. The maximum absolute atomic E-state index is 13.6. The van der Waals surface area contributed by atoms with Crippen LogP contribution in [0.25, 0.3) is 6.08 Å². The van der Waals surface area contributed by atoms with Gasteiger partial charge in [0, 0.05) is 0 Å². The van der Waals surface area contributed by atoms with Gasteiger partial charge in [-0.25, -0.2) is 9.79 Å². The molecule has 1 aliphatic rings. The van der Waals surface area contributed by atoms with E-state index in [0.717, 1.165) is 22.4 Å². The van der Waals surface area contributed by atoms with Gasteiger partial charge in [-0.2, -0.15) is 0 Å². The Balaban J connectivity index is 1.93. The molecule has 2 aromatic carbocycles. The summed E-state index contributed by atoms with van der Waals surface area (Å²) >= 11 is 1.32. The maximum Gasteiger partial charge on any atom is 0.338 e. The second kappa shape index (κ2) is 8.96. The summed E-state index contributed by atoms with van der Waals surface area (Å²) in [6, 6.07) is 14.6. The van der Waals surface area contributed by atoms with Gasteiger partial charge >= 0.3 is 5.97 Å². The minimum atomic E-state index is -0.592. The summed E-state index contributed by atoms with van der Waals surface area (Å²) in [5, 5.41) is 0. The van der Waals surface area contributed by atoms with E-state index in [1.807, 2.05) is 61.5 Å². The largest absolute Gasteiger partial charge is 0.497 e. The molecule has 164 valence electrons. The minimum absolute atomic E-state index is 0.188. The number of benzene rings is 2. The highest BCUT2D eigenvalue weighted by molar-refractivity contribution is 7.07. The van der Waals surface area contributed by atoms with E-state index in [4.69, 9.17) is 9.47 Å². The number of methoxy groups -OCH3 is 1. The highest BCUT2D eigenvalue weighted by Crippen LogP contribution is 2.30. The Kier molecular flexibility index (Phi) is 6.10. The number of aromatic nitrogens is 1. The van der Waals surface area contributed by atoms with E-state index >= 15 is 0 Å². The number of nitrogens with zero attached hydrogens (tertiary/aromatic N) is 2. The summed E-state index contributed by atoms with van der Waals surface area (Å²) in [5.74, 6) is 0.308. The molecular formula is C25H24N2O4S. The lowest BCUT2D eigenvalue weighted by atomic mass is 9.96. The molecule has 0 amide bonds. The molecule has 0 bridgehead atoms. The monoisotopic (exact) mass is 448 g/mol. The molecule has 0 saturated heterocycles. The molecule has 4 rings (SSSR count). The maximum atomic E-state index is 13.6. The molecule has 0 radical (unpaired) electrons. The fourth-order valence-electron chi connectivity index (χ4n) is 3.82. The molecule has 0 spiro atoms. The quantitative estimate of drug-likeness (QED) is 0.563. The molecule has 32 heavy (non-hydrogen) atoms. The van der Waals surface area contributed by atoms with Crippen molar-refractivity contribution in [3.8, 4) is 5.75 Å². The molecule has 0 saturated carbocycles. The predicted molar refractivity (Wildman–Crippen MR) is 125 cm³/mol. The third-order valence-corrected chi connectivity index (χ3v) is 6.38. The first-order chi connectivity index (χ1) is 15.4. The molecule has 3 aromatic rings. The molecule has 2 heterocycles. The second-order valence-electron chi connectivity index (χ2n) is 7.44. The van der Waals surface area contributed by atoms with Gasteiger partial charge < -0.3 is 9.47 Å². The summed E-state index contributed by atoms with van der Waals surface area (Å²) in [5.41, 5.74) is 3.51. The molecule has 1 aromatic heterocycles. The number of allylic oxidation sites excluding steroid dienone is 1.